The molecule has 6 nitrogen and oxygen atoms in total. The van der Waals surface area contributed by atoms with Gasteiger partial charge in [0.05, 0.1) is 4.90 Å². The van der Waals surface area contributed by atoms with Crippen LogP contribution in [0, 0.1) is 0 Å². The maximum atomic E-state index is 12.8. The van der Waals surface area contributed by atoms with Crippen LogP contribution in [0.4, 0.5) is 0 Å². The van der Waals surface area contributed by atoms with Crippen molar-refractivity contribution in [2.75, 3.05) is 26.7 Å². The van der Waals surface area contributed by atoms with E-state index in [-0.39, 0.29) is 16.8 Å². The molecule has 1 aromatic rings. The van der Waals surface area contributed by atoms with Gasteiger partial charge in [-0.05, 0) is 50.1 Å². The number of nitrogens with zero attached hydrogens (tertiary/aromatic N) is 1. The molecule has 0 radical (unpaired) electrons. The quantitative estimate of drug-likeness (QED) is 0.644. The fraction of sp³-hybridized carbons (Fsp3) is 0.632. The second kappa shape index (κ2) is 10.0. The van der Waals surface area contributed by atoms with Crippen molar-refractivity contribution in [3.8, 4) is 0 Å². The third-order valence-corrected chi connectivity index (χ3v) is 6.82. The monoisotopic (exact) mass is 381 g/mol. The van der Waals surface area contributed by atoms with Crippen LogP contribution in [0.2, 0.25) is 0 Å². The zero-order chi connectivity index (χ0) is 19.0. The van der Waals surface area contributed by atoms with Gasteiger partial charge in [-0.25, -0.2) is 8.42 Å². The molecule has 1 fully saturated rings. The van der Waals surface area contributed by atoms with Gasteiger partial charge in [-0.3, -0.25) is 4.79 Å². The molecule has 1 saturated carbocycles. The van der Waals surface area contributed by atoms with E-state index in [1.54, 1.807) is 19.2 Å². The molecule has 0 unspecified atom stereocenters. The lowest BCUT2D eigenvalue weighted by Crippen LogP contribution is -2.38. The Morgan fingerprint density at radius 3 is 2.35 bits per heavy atom. The zero-order valence-electron chi connectivity index (χ0n) is 15.8. The molecule has 1 aliphatic rings. The van der Waals surface area contributed by atoms with Gasteiger partial charge in [0.15, 0.2) is 0 Å². The number of sulfonamides is 1. The molecule has 1 amide bonds. The highest BCUT2D eigenvalue weighted by atomic mass is 32.2. The summed E-state index contributed by atoms with van der Waals surface area (Å²) < 4.78 is 27.1. The largest absolute Gasteiger partial charge is 0.351 e. The van der Waals surface area contributed by atoms with Crippen LogP contribution < -0.4 is 10.6 Å². The van der Waals surface area contributed by atoms with Crippen LogP contribution in [-0.2, 0) is 10.0 Å². The summed E-state index contributed by atoms with van der Waals surface area (Å²) in [6, 6.07) is 6.29. The number of amides is 1. The standard InChI is InChI=1S/C19H31N3O3S/c1-3-13-20-14-15-21-19(23)16-9-11-18(12-10-16)26(24,25)22(2)17-7-5-4-6-8-17/h9-12,17,20H,3-8,13-15H2,1-2H3,(H,21,23). The van der Waals surface area contributed by atoms with Gasteiger partial charge in [0, 0.05) is 31.7 Å². The summed E-state index contributed by atoms with van der Waals surface area (Å²) in [5.41, 5.74) is 0.472. The summed E-state index contributed by atoms with van der Waals surface area (Å²) >= 11 is 0. The Bertz CT molecular complexity index is 668. The van der Waals surface area contributed by atoms with Gasteiger partial charge in [-0.1, -0.05) is 26.2 Å². The lowest BCUT2D eigenvalue weighted by atomic mass is 9.96. The van der Waals surface area contributed by atoms with Crippen LogP contribution in [0.25, 0.3) is 0 Å². The Morgan fingerprint density at radius 1 is 1.08 bits per heavy atom. The van der Waals surface area contributed by atoms with Gasteiger partial charge in [-0.15, -0.1) is 0 Å². The number of nitrogens with one attached hydrogen (secondary N) is 2. The molecule has 0 saturated heterocycles. The zero-order valence-corrected chi connectivity index (χ0v) is 16.6. The molecule has 0 bridgehead atoms. The Balaban J connectivity index is 1.95. The number of hydrogen-bond donors (Lipinski definition) is 2. The van der Waals surface area contributed by atoms with Gasteiger partial charge in [-0.2, -0.15) is 4.31 Å². The first-order valence-electron chi connectivity index (χ1n) is 9.54. The van der Waals surface area contributed by atoms with Crippen LogP contribution in [0.1, 0.15) is 55.8 Å². The maximum Gasteiger partial charge on any atom is 0.251 e. The molecular weight excluding hydrogens is 350 g/mol. The first-order valence-corrected chi connectivity index (χ1v) is 11.0. The van der Waals surface area contributed by atoms with Crippen molar-refractivity contribution in [1.29, 1.82) is 0 Å². The maximum absolute atomic E-state index is 12.8. The summed E-state index contributed by atoms with van der Waals surface area (Å²) in [7, 11) is -1.85. The van der Waals surface area contributed by atoms with Gasteiger partial charge < -0.3 is 10.6 Å². The van der Waals surface area contributed by atoms with Gasteiger partial charge in [0.25, 0.3) is 5.91 Å². The Hall–Kier alpha value is -1.44. The molecule has 0 aliphatic heterocycles. The minimum absolute atomic E-state index is 0.0762. The molecule has 146 valence electrons. The minimum Gasteiger partial charge on any atom is -0.351 e. The van der Waals surface area contributed by atoms with Gasteiger partial charge in [0.1, 0.15) is 0 Å². The van der Waals surface area contributed by atoms with E-state index in [9.17, 15) is 13.2 Å². The van der Waals surface area contributed by atoms with Crippen molar-refractivity contribution in [3.05, 3.63) is 29.8 Å². The van der Waals surface area contributed by atoms with Crippen molar-refractivity contribution in [2.24, 2.45) is 0 Å². The fourth-order valence-electron chi connectivity index (χ4n) is 3.25. The molecule has 0 aromatic heterocycles. The Kier molecular flexibility index (Phi) is 8.06. The van der Waals surface area contributed by atoms with Crippen molar-refractivity contribution < 1.29 is 13.2 Å². The van der Waals surface area contributed by atoms with E-state index < -0.39 is 10.0 Å². The first-order chi connectivity index (χ1) is 12.5. The Morgan fingerprint density at radius 2 is 1.73 bits per heavy atom. The summed E-state index contributed by atoms with van der Waals surface area (Å²) in [5, 5.41) is 6.04. The van der Waals surface area contributed by atoms with Crippen LogP contribution in [0.5, 0.6) is 0 Å². The third kappa shape index (κ3) is 5.53. The molecule has 26 heavy (non-hydrogen) atoms. The van der Waals surface area contributed by atoms with E-state index in [1.165, 1.54) is 22.9 Å². The van der Waals surface area contributed by atoms with Crippen molar-refractivity contribution in [3.63, 3.8) is 0 Å². The molecule has 1 aromatic carbocycles. The van der Waals surface area contributed by atoms with Gasteiger partial charge in [0.2, 0.25) is 10.0 Å². The smallest absolute Gasteiger partial charge is 0.251 e. The molecule has 0 heterocycles. The summed E-state index contributed by atoms with van der Waals surface area (Å²) in [5.74, 6) is -0.187. The lowest BCUT2D eigenvalue weighted by Gasteiger charge is -2.30. The average molecular weight is 382 g/mol. The normalized spacial score (nSPS) is 16.0. The van der Waals surface area contributed by atoms with E-state index in [0.717, 1.165) is 45.2 Å². The SMILES string of the molecule is CCCNCCNC(=O)c1ccc(S(=O)(=O)N(C)C2CCCCC2)cc1. The van der Waals surface area contributed by atoms with Crippen molar-refractivity contribution in [2.45, 2.75) is 56.4 Å². The second-order valence-corrected chi connectivity index (χ2v) is 8.84. The van der Waals surface area contributed by atoms with E-state index in [2.05, 4.69) is 17.6 Å². The molecule has 2 N–H and O–H groups in total. The predicted molar refractivity (Wildman–Crippen MR) is 104 cm³/mol. The van der Waals surface area contributed by atoms with Crippen molar-refractivity contribution >= 4 is 15.9 Å². The van der Waals surface area contributed by atoms with E-state index in [1.807, 2.05) is 0 Å². The summed E-state index contributed by atoms with van der Waals surface area (Å²) in [6.07, 6.45) is 6.24. The van der Waals surface area contributed by atoms with E-state index in [4.69, 9.17) is 0 Å². The molecule has 2 rings (SSSR count). The van der Waals surface area contributed by atoms with Crippen LogP contribution >= 0.6 is 0 Å². The number of rotatable bonds is 9. The Labute approximate surface area is 157 Å². The summed E-state index contributed by atoms with van der Waals surface area (Å²) in [4.78, 5) is 12.4. The first kappa shape index (κ1) is 20.9. The highest BCUT2D eigenvalue weighted by Gasteiger charge is 2.29. The molecule has 1 aliphatic carbocycles. The van der Waals surface area contributed by atoms with Crippen LogP contribution in [0.3, 0.4) is 0 Å². The predicted octanol–water partition coefficient (Wildman–Crippen LogP) is 2.37. The lowest BCUT2D eigenvalue weighted by molar-refractivity contribution is 0.0954. The molecule has 7 heteroatoms. The topological polar surface area (TPSA) is 78.5 Å². The highest BCUT2D eigenvalue weighted by Crippen LogP contribution is 2.26. The van der Waals surface area contributed by atoms with E-state index in [0.29, 0.717) is 12.1 Å². The molecule has 0 spiro atoms. The third-order valence-electron chi connectivity index (χ3n) is 4.90. The van der Waals surface area contributed by atoms with Crippen molar-refractivity contribution in [1.82, 2.24) is 14.9 Å². The molecule has 0 atom stereocenters. The second-order valence-electron chi connectivity index (χ2n) is 6.84. The van der Waals surface area contributed by atoms with Crippen LogP contribution in [0.15, 0.2) is 29.2 Å². The van der Waals surface area contributed by atoms with Crippen LogP contribution in [-0.4, -0.2) is 51.4 Å². The average Bonchev–Trinajstić information content (AvgIpc) is 2.67. The number of carbonyl (C=O) groups is 1. The highest BCUT2D eigenvalue weighted by molar-refractivity contribution is 7.89. The number of carbonyl (C=O) groups excluding carboxylic acids is 1. The number of hydrogen-bond acceptors (Lipinski definition) is 4. The van der Waals surface area contributed by atoms with Gasteiger partial charge >= 0.3 is 0 Å². The summed E-state index contributed by atoms with van der Waals surface area (Å²) in [6.45, 7) is 4.28. The minimum atomic E-state index is -3.52. The number of benzene rings is 1. The molecular formula is C19H31N3O3S. The van der Waals surface area contributed by atoms with E-state index >= 15 is 0 Å². The fourth-order valence-corrected chi connectivity index (χ4v) is 4.67.